The Labute approximate surface area is 159 Å². The zero-order valence-electron chi connectivity index (χ0n) is 17.2. The number of rotatable bonds is 5. The van der Waals surface area contributed by atoms with E-state index in [0.29, 0.717) is 0 Å². The number of aromatic hydroxyl groups is 1. The fraction of sp³-hybridized carbons (Fsp3) is 0.391. The molecule has 0 amide bonds. The summed E-state index contributed by atoms with van der Waals surface area (Å²) in [6.45, 7) is 18.1. The summed E-state index contributed by atoms with van der Waals surface area (Å²) in [6, 6.07) is 15.0. The molecule has 0 heterocycles. The molecular formula is C23H35NO2. The van der Waals surface area contributed by atoms with Crippen LogP contribution in [-0.4, -0.2) is 36.8 Å². The van der Waals surface area contributed by atoms with Crippen molar-refractivity contribution in [2.75, 3.05) is 26.7 Å². The number of hydrogen-bond donors (Lipinski definition) is 1. The average molecular weight is 358 g/mol. The first-order valence-corrected chi connectivity index (χ1v) is 9.15. The van der Waals surface area contributed by atoms with E-state index >= 15 is 0 Å². The van der Waals surface area contributed by atoms with E-state index in [1.54, 1.807) is 31.4 Å². The third-order valence-electron chi connectivity index (χ3n) is 3.96. The van der Waals surface area contributed by atoms with E-state index in [1.165, 1.54) is 30.8 Å². The molecule has 0 bridgehead atoms. The molecule has 0 saturated heterocycles. The second-order valence-electron chi connectivity index (χ2n) is 5.96. The number of phenols is 1. The fourth-order valence-electron chi connectivity index (χ4n) is 2.09. The summed E-state index contributed by atoms with van der Waals surface area (Å²) < 4.78 is 4.86. The van der Waals surface area contributed by atoms with Gasteiger partial charge in [-0.25, -0.2) is 0 Å². The SMILES string of the molecule is C=C(C)c1ccc(C)cc1.CCN(CC)CC.COc1ccc(O)cc1. The first kappa shape index (κ1) is 23.7. The Bertz CT molecular complexity index is 594. The second kappa shape index (κ2) is 14.0. The summed E-state index contributed by atoms with van der Waals surface area (Å²) in [6.07, 6.45) is 0. The van der Waals surface area contributed by atoms with Crippen LogP contribution in [-0.2, 0) is 0 Å². The molecule has 0 aliphatic carbocycles. The Hall–Kier alpha value is -2.26. The van der Waals surface area contributed by atoms with Gasteiger partial charge in [0.25, 0.3) is 0 Å². The highest BCUT2D eigenvalue weighted by Gasteiger charge is 1.90. The van der Waals surface area contributed by atoms with Gasteiger partial charge in [0.05, 0.1) is 7.11 Å². The molecule has 1 N–H and O–H groups in total. The molecule has 0 fully saturated rings. The van der Waals surface area contributed by atoms with Crippen LogP contribution in [0.25, 0.3) is 5.57 Å². The van der Waals surface area contributed by atoms with Gasteiger partial charge in [0, 0.05) is 0 Å². The third-order valence-corrected chi connectivity index (χ3v) is 3.96. The van der Waals surface area contributed by atoms with Crippen LogP contribution in [0, 0.1) is 6.92 Å². The van der Waals surface area contributed by atoms with Crippen LogP contribution < -0.4 is 4.74 Å². The normalized spacial score (nSPS) is 9.50. The number of methoxy groups -OCH3 is 1. The lowest BCUT2D eigenvalue weighted by atomic mass is 10.1. The van der Waals surface area contributed by atoms with Crippen molar-refractivity contribution in [3.63, 3.8) is 0 Å². The van der Waals surface area contributed by atoms with E-state index in [2.05, 4.69) is 63.4 Å². The first-order valence-electron chi connectivity index (χ1n) is 9.15. The molecular weight excluding hydrogens is 322 g/mol. The predicted molar refractivity (Wildman–Crippen MR) is 114 cm³/mol. The quantitative estimate of drug-likeness (QED) is 0.736. The summed E-state index contributed by atoms with van der Waals surface area (Å²) in [5, 5.41) is 8.80. The number of hydrogen-bond acceptors (Lipinski definition) is 3. The molecule has 2 aromatic rings. The van der Waals surface area contributed by atoms with Crippen molar-refractivity contribution >= 4 is 5.57 Å². The molecule has 0 radical (unpaired) electrons. The molecule has 26 heavy (non-hydrogen) atoms. The molecule has 0 aromatic heterocycles. The Balaban J connectivity index is 0.000000368. The molecule has 2 aromatic carbocycles. The van der Waals surface area contributed by atoms with E-state index in [4.69, 9.17) is 9.84 Å². The largest absolute Gasteiger partial charge is 0.508 e. The summed E-state index contributed by atoms with van der Waals surface area (Å²) >= 11 is 0. The lowest BCUT2D eigenvalue weighted by Gasteiger charge is -2.13. The Kier molecular flexibility index (Phi) is 12.8. The monoisotopic (exact) mass is 357 g/mol. The summed E-state index contributed by atoms with van der Waals surface area (Å²) in [7, 11) is 1.59. The van der Waals surface area contributed by atoms with Gasteiger partial charge in [-0.3, -0.25) is 0 Å². The number of ether oxygens (including phenoxy) is 1. The smallest absolute Gasteiger partial charge is 0.119 e. The van der Waals surface area contributed by atoms with E-state index in [0.717, 1.165) is 11.3 Å². The minimum absolute atomic E-state index is 0.260. The highest BCUT2D eigenvalue weighted by Crippen LogP contribution is 2.14. The van der Waals surface area contributed by atoms with Crippen LogP contribution in [0.4, 0.5) is 0 Å². The van der Waals surface area contributed by atoms with Gasteiger partial charge in [-0.15, -0.1) is 0 Å². The number of phenolic OH excluding ortho intramolecular Hbond substituents is 1. The zero-order chi connectivity index (χ0) is 19.9. The molecule has 0 aliphatic heterocycles. The number of benzene rings is 2. The summed E-state index contributed by atoms with van der Waals surface area (Å²) in [4.78, 5) is 2.38. The van der Waals surface area contributed by atoms with Crippen LogP contribution in [0.1, 0.15) is 38.8 Å². The van der Waals surface area contributed by atoms with Gasteiger partial charge in [0.2, 0.25) is 0 Å². The lowest BCUT2D eigenvalue weighted by Crippen LogP contribution is -2.21. The highest BCUT2D eigenvalue weighted by atomic mass is 16.5. The van der Waals surface area contributed by atoms with Crippen molar-refractivity contribution in [1.29, 1.82) is 0 Å². The van der Waals surface area contributed by atoms with E-state index in [-0.39, 0.29) is 5.75 Å². The molecule has 3 nitrogen and oxygen atoms in total. The Morgan fingerprint density at radius 2 is 1.38 bits per heavy atom. The molecule has 0 unspecified atom stereocenters. The number of nitrogens with zero attached hydrogens (tertiary/aromatic N) is 1. The summed E-state index contributed by atoms with van der Waals surface area (Å²) in [5.41, 5.74) is 3.65. The van der Waals surface area contributed by atoms with Crippen molar-refractivity contribution in [3.05, 3.63) is 66.2 Å². The molecule has 0 aliphatic rings. The van der Waals surface area contributed by atoms with Gasteiger partial charge in [0.1, 0.15) is 11.5 Å². The Morgan fingerprint density at radius 1 is 0.923 bits per heavy atom. The maximum atomic E-state index is 8.80. The topological polar surface area (TPSA) is 32.7 Å². The van der Waals surface area contributed by atoms with Gasteiger partial charge in [0.15, 0.2) is 0 Å². The van der Waals surface area contributed by atoms with E-state index < -0.39 is 0 Å². The fourth-order valence-corrected chi connectivity index (χ4v) is 2.09. The second-order valence-corrected chi connectivity index (χ2v) is 5.96. The minimum Gasteiger partial charge on any atom is -0.508 e. The van der Waals surface area contributed by atoms with Crippen LogP contribution >= 0.6 is 0 Å². The maximum absolute atomic E-state index is 8.80. The van der Waals surface area contributed by atoms with Gasteiger partial charge in [-0.2, -0.15) is 0 Å². The van der Waals surface area contributed by atoms with Crippen LogP contribution in [0.5, 0.6) is 11.5 Å². The van der Waals surface area contributed by atoms with Gasteiger partial charge < -0.3 is 14.7 Å². The predicted octanol–water partition coefficient (Wildman–Crippen LogP) is 5.78. The maximum Gasteiger partial charge on any atom is 0.119 e. The molecule has 2 rings (SSSR count). The standard InChI is InChI=1S/C10H12.C7H8O2.C6H15N/c1-8(2)10-6-4-9(3)5-7-10;1-9-7-4-2-6(8)3-5-7;1-4-7(5-2)6-3/h4-7H,1H2,2-3H3;2-5,8H,1H3;4-6H2,1-3H3. The van der Waals surface area contributed by atoms with Gasteiger partial charge >= 0.3 is 0 Å². The van der Waals surface area contributed by atoms with Crippen LogP contribution in [0.15, 0.2) is 55.1 Å². The van der Waals surface area contributed by atoms with Crippen molar-refractivity contribution < 1.29 is 9.84 Å². The highest BCUT2D eigenvalue weighted by molar-refractivity contribution is 5.61. The number of aryl methyl sites for hydroxylation is 1. The lowest BCUT2D eigenvalue weighted by molar-refractivity contribution is 0.321. The zero-order valence-corrected chi connectivity index (χ0v) is 17.2. The van der Waals surface area contributed by atoms with Crippen molar-refractivity contribution in [2.24, 2.45) is 0 Å². The molecule has 0 atom stereocenters. The molecule has 3 heteroatoms. The van der Waals surface area contributed by atoms with Crippen molar-refractivity contribution in [2.45, 2.75) is 34.6 Å². The molecule has 144 valence electrons. The summed E-state index contributed by atoms with van der Waals surface area (Å²) in [5.74, 6) is 1.02. The van der Waals surface area contributed by atoms with Gasteiger partial charge in [-0.1, -0.05) is 62.8 Å². The van der Waals surface area contributed by atoms with E-state index in [1.807, 2.05) is 6.92 Å². The minimum atomic E-state index is 0.260. The third kappa shape index (κ3) is 10.6. The molecule has 0 saturated carbocycles. The van der Waals surface area contributed by atoms with Gasteiger partial charge in [-0.05, 0) is 63.3 Å². The average Bonchev–Trinajstić information content (AvgIpc) is 2.65. The van der Waals surface area contributed by atoms with Crippen molar-refractivity contribution in [1.82, 2.24) is 4.90 Å². The van der Waals surface area contributed by atoms with Crippen LogP contribution in [0.3, 0.4) is 0 Å². The Morgan fingerprint density at radius 3 is 1.69 bits per heavy atom. The number of allylic oxidation sites excluding steroid dienone is 1. The van der Waals surface area contributed by atoms with Crippen molar-refractivity contribution in [3.8, 4) is 11.5 Å². The van der Waals surface area contributed by atoms with E-state index in [9.17, 15) is 0 Å². The molecule has 0 spiro atoms. The van der Waals surface area contributed by atoms with Crippen LogP contribution in [0.2, 0.25) is 0 Å². The first-order chi connectivity index (χ1) is 12.4.